The number of carbonyl (C=O) groups excluding carboxylic acids is 1. The van der Waals surface area contributed by atoms with Gasteiger partial charge >= 0.3 is 0 Å². The number of pyridine rings is 1. The molecule has 1 fully saturated rings. The van der Waals surface area contributed by atoms with Crippen molar-refractivity contribution in [2.75, 3.05) is 5.73 Å². The minimum absolute atomic E-state index is 0.174. The van der Waals surface area contributed by atoms with E-state index in [4.69, 9.17) is 5.73 Å². The second-order valence-electron chi connectivity index (χ2n) is 4.52. The smallest absolute Gasteiger partial charge is 0.252 e. The van der Waals surface area contributed by atoms with Crippen molar-refractivity contribution in [1.29, 1.82) is 0 Å². The number of nitrogens with one attached hydrogen (secondary N) is 1. The number of hydrogen-bond acceptors (Lipinski definition) is 4. The number of rotatable bonds is 2. The van der Waals surface area contributed by atoms with Crippen LogP contribution in [0.5, 0.6) is 0 Å². The van der Waals surface area contributed by atoms with Crippen LogP contribution in [0.2, 0.25) is 0 Å². The van der Waals surface area contributed by atoms with E-state index in [9.17, 15) is 9.90 Å². The van der Waals surface area contributed by atoms with Gasteiger partial charge in [0, 0.05) is 10.7 Å². The van der Waals surface area contributed by atoms with Crippen molar-refractivity contribution in [3.8, 4) is 0 Å². The number of anilines is 1. The average Bonchev–Trinajstić information content (AvgIpc) is 2.35. The highest BCUT2D eigenvalue weighted by Gasteiger charge is 2.25. The zero-order valence-corrected chi connectivity index (χ0v) is 11.5. The molecule has 1 heterocycles. The fourth-order valence-corrected chi connectivity index (χ4v) is 2.55. The number of nitrogens with two attached hydrogens (primary N) is 1. The predicted octanol–water partition coefficient (Wildman–Crippen LogP) is 1.46. The highest BCUT2D eigenvalue weighted by Crippen LogP contribution is 2.21. The molecule has 2 rings (SSSR count). The molecule has 1 aromatic rings. The maximum absolute atomic E-state index is 12.1. The Morgan fingerprint density at radius 1 is 1.50 bits per heavy atom. The number of halogens is 1. The first-order chi connectivity index (χ1) is 8.58. The number of amides is 1. The number of hydrogen-bond donors (Lipinski definition) is 3. The summed E-state index contributed by atoms with van der Waals surface area (Å²) >= 11 is 3.27. The number of aliphatic hydroxyl groups is 1. The largest absolute Gasteiger partial charge is 0.391 e. The first-order valence-corrected chi connectivity index (χ1v) is 6.77. The van der Waals surface area contributed by atoms with E-state index in [1.807, 2.05) is 0 Å². The van der Waals surface area contributed by atoms with Gasteiger partial charge in [-0.1, -0.05) is 12.8 Å². The van der Waals surface area contributed by atoms with Gasteiger partial charge < -0.3 is 16.2 Å². The van der Waals surface area contributed by atoms with Crippen LogP contribution in [0.15, 0.2) is 16.7 Å². The van der Waals surface area contributed by atoms with E-state index in [1.54, 1.807) is 0 Å². The van der Waals surface area contributed by atoms with E-state index in [0.29, 0.717) is 15.9 Å². The SMILES string of the molecule is Nc1cc(C(=O)NC2CCCCC2O)c(Br)cn1. The lowest BCUT2D eigenvalue weighted by atomic mass is 9.92. The molecule has 4 N–H and O–H groups in total. The Balaban J connectivity index is 2.09. The van der Waals surface area contributed by atoms with Crippen molar-refractivity contribution in [1.82, 2.24) is 10.3 Å². The Labute approximate surface area is 114 Å². The highest BCUT2D eigenvalue weighted by atomic mass is 79.9. The molecule has 0 aliphatic heterocycles. The van der Waals surface area contributed by atoms with Gasteiger partial charge in [-0.2, -0.15) is 0 Å². The van der Waals surface area contributed by atoms with Crippen LogP contribution >= 0.6 is 15.9 Å². The van der Waals surface area contributed by atoms with Crippen LogP contribution in [-0.2, 0) is 0 Å². The first kappa shape index (κ1) is 13.3. The molecule has 2 unspecified atom stereocenters. The molecule has 0 saturated heterocycles. The van der Waals surface area contributed by atoms with E-state index in [-0.39, 0.29) is 11.9 Å². The summed E-state index contributed by atoms with van der Waals surface area (Å²) < 4.78 is 0.597. The van der Waals surface area contributed by atoms with Crippen LogP contribution < -0.4 is 11.1 Å². The molecule has 6 heteroatoms. The fraction of sp³-hybridized carbons (Fsp3) is 0.500. The maximum atomic E-state index is 12.1. The number of aromatic nitrogens is 1. The Kier molecular flexibility index (Phi) is 4.19. The van der Waals surface area contributed by atoms with Crippen molar-refractivity contribution in [3.63, 3.8) is 0 Å². The predicted molar refractivity (Wildman–Crippen MR) is 72.1 cm³/mol. The zero-order chi connectivity index (χ0) is 13.1. The Hall–Kier alpha value is -1.14. The van der Waals surface area contributed by atoms with Crippen LogP contribution in [0, 0.1) is 0 Å². The minimum Gasteiger partial charge on any atom is -0.391 e. The van der Waals surface area contributed by atoms with Gasteiger partial charge in [0.05, 0.1) is 17.7 Å². The molecular formula is C12H16BrN3O2. The summed E-state index contributed by atoms with van der Waals surface area (Å²) in [5, 5.41) is 12.7. The summed E-state index contributed by atoms with van der Waals surface area (Å²) in [6.45, 7) is 0. The van der Waals surface area contributed by atoms with Crippen molar-refractivity contribution in [2.24, 2.45) is 0 Å². The van der Waals surface area contributed by atoms with Gasteiger partial charge in [0.25, 0.3) is 5.91 Å². The second kappa shape index (κ2) is 5.67. The molecular weight excluding hydrogens is 298 g/mol. The van der Waals surface area contributed by atoms with Gasteiger partial charge in [0.1, 0.15) is 5.82 Å². The Morgan fingerprint density at radius 3 is 2.94 bits per heavy atom. The van der Waals surface area contributed by atoms with E-state index < -0.39 is 6.10 Å². The summed E-state index contributed by atoms with van der Waals surface area (Å²) in [5.41, 5.74) is 6.01. The number of aliphatic hydroxyl groups excluding tert-OH is 1. The lowest BCUT2D eigenvalue weighted by molar-refractivity contribution is 0.0716. The minimum atomic E-state index is -0.458. The summed E-state index contributed by atoms with van der Waals surface area (Å²) in [7, 11) is 0. The highest BCUT2D eigenvalue weighted by molar-refractivity contribution is 9.10. The molecule has 1 saturated carbocycles. The third-order valence-corrected chi connectivity index (χ3v) is 3.80. The van der Waals surface area contributed by atoms with Gasteiger partial charge in [-0.05, 0) is 34.8 Å². The van der Waals surface area contributed by atoms with E-state index in [0.717, 1.165) is 25.7 Å². The monoisotopic (exact) mass is 313 g/mol. The molecule has 0 radical (unpaired) electrons. The van der Waals surface area contributed by atoms with Crippen molar-refractivity contribution >= 4 is 27.7 Å². The topological polar surface area (TPSA) is 88.2 Å². The van der Waals surface area contributed by atoms with Gasteiger partial charge in [-0.15, -0.1) is 0 Å². The lowest BCUT2D eigenvalue weighted by Gasteiger charge is -2.28. The summed E-state index contributed by atoms with van der Waals surface area (Å²) in [6, 6.07) is 1.35. The molecule has 0 aromatic carbocycles. The van der Waals surface area contributed by atoms with E-state index in [1.165, 1.54) is 12.3 Å². The third-order valence-electron chi connectivity index (χ3n) is 3.17. The Morgan fingerprint density at radius 2 is 2.22 bits per heavy atom. The zero-order valence-electron chi connectivity index (χ0n) is 9.90. The normalized spacial score (nSPS) is 23.7. The molecule has 1 amide bonds. The van der Waals surface area contributed by atoms with Crippen molar-refractivity contribution in [3.05, 3.63) is 22.3 Å². The molecule has 1 aliphatic carbocycles. The maximum Gasteiger partial charge on any atom is 0.252 e. The van der Waals surface area contributed by atoms with Gasteiger partial charge in [0.2, 0.25) is 0 Å². The van der Waals surface area contributed by atoms with Crippen LogP contribution in [-0.4, -0.2) is 28.1 Å². The second-order valence-corrected chi connectivity index (χ2v) is 5.38. The summed E-state index contributed by atoms with van der Waals surface area (Å²) in [6.07, 6.45) is 4.64. The molecule has 1 aliphatic rings. The fourth-order valence-electron chi connectivity index (χ4n) is 2.15. The average molecular weight is 314 g/mol. The molecule has 98 valence electrons. The number of nitrogens with zero attached hydrogens (tertiary/aromatic N) is 1. The van der Waals surface area contributed by atoms with Crippen LogP contribution in [0.3, 0.4) is 0 Å². The van der Waals surface area contributed by atoms with Gasteiger partial charge in [-0.25, -0.2) is 4.98 Å². The van der Waals surface area contributed by atoms with Gasteiger partial charge in [-0.3, -0.25) is 4.79 Å². The first-order valence-electron chi connectivity index (χ1n) is 5.98. The van der Waals surface area contributed by atoms with E-state index in [2.05, 4.69) is 26.2 Å². The lowest BCUT2D eigenvalue weighted by Crippen LogP contribution is -2.45. The molecule has 18 heavy (non-hydrogen) atoms. The van der Waals surface area contributed by atoms with Crippen LogP contribution in [0.4, 0.5) is 5.82 Å². The number of nitrogen functional groups attached to an aromatic ring is 1. The molecule has 0 bridgehead atoms. The van der Waals surface area contributed by atoms with Crippen LogP contribution in [0.25, 0.3) is 0 Å². The van der Waals surface area contributed by atoms with Crippen LogP contribution in [0.1, 0.15) is 36.0 Å². The molecule has 5 nitrogen and oxygen atoms in total. The van der Waals surface area contributed by atoms with Gasteiger partial charge in [0.15, 0.2) is 0 Å². The third kappa shape index (κ3) is 3.00. The summed E-state index contributed by atoms with van der Waals surface area (Å²) in [4.78, 5) is 16.0. The quantitative estimate of drug-likeness (QED) is 0.771. The molecule has 1 aromatic heterocycles. The Bertz CT molecular complexity index is 453. The molecule has 2 atom stereocenters. The molecule has 0 spiro atoms. The summed E-state index contributed by atoms with van der Waals surface area (Å²) in [5.74, 6) is 0.0643. The van der Waals surface area contributed by atoms with Crippen molar-refractivity contribution in [2.45, 2.75) is 37.8 Å². The van der Waals surface area contributed by atoms with E-state index >= 15 is 0 Å². The van der Waals surface area contributed by atoms with Crippen molar-refractivity contribution < 1.29 is 9.90 Å². The standard InChI is InChI=1S/C12H16BrN3O2/c13-8-6-15-11(14)5-7(8)12(18)16-9-3-1-2-4-10(9)17/h5-6,9-10,17H,1-4H2,(H2,14,15)(H,16,18). The number of carbonyl (C=O) groups is 1.